The van der Waals surface area contributed by atoms with Gasteiger partial charge in [-0.15, -0.1) is 0 Å². The Labute approximate surface area is 167 Å². The number of hydrogen-bond donors (Lipinski definition) is 1. The molecule has 0 unspecified atom stereocenters. The fraction of sp³-hybridized carbons (Fsp3) is 0.174. The Morgan fingerprint density at radius 1 is 1.07 bits per heavy atom. The molecule has 5 rings (SSSR count). The third-order valence-electron chi connectivity index (χ3n) is 5.39. The van der Waals surface area contributed by atoms with Crippen molar-refractivity contribution in [3.8, 4) is 0 Å². The van der Waals surface area contributed by atoms with Gasteiger partial charge < -0.3 is 9.30 Å². The van der Waals surface area contributed by atoms with Gasteiger partial charge in [-0.1, -0.05) is 54.6 Å². The number of fused-ring (bicyclic) bond motifs is 4. The van der Waals surface area contributed by atoms with E-state index in [2.05, 4.69) is 10.3 Å². The van der Waals surface area contributed by atoms with E-state index >= 15 is 0 Å². The number of para-hydroxylation sites is 2. The number of hydrogen-bond acceptors (Lipinski definition) is 4. The van der Waals surface area contributed by atoms with Crippen LogP contribution in [0.1, 0.15) is 18.5 Å². The van der Waals surface area contributed by atoms with Crippen LogP contribution in [0.15, 0.2) is 66.7 Å². The Kier molecular flexibility index (Phi) is 4.05. The van der Waals surface area contributed by atoms with E-state index in [1.165, 1.54) is 0 Å². The van der Waals surface area contributed by atoms with E-state index in [1.807, 2.05) is 71.3 Å². The molecular formula is C23H19N3O3. The van der Waals surface area contributed by atoms with Gasteiger partial charge in [0.05, 0.1) is 23.7 Å². The van der Waals surface area contributed by atoms with E-state index < -0.39 is 23.8 Å². The van der Waals surface area contributed by atoms with Gasteiger partial charge in [-0.05, 0) is 35.4 Å². The monoisotopic (exact) mass is 385 g/mol. The zero-order valence-electron chi connectivity index (χ0n) is 15.8. The van der Waals surface area contributed by atoms with Gasteiger partial charge in [0.2, 0.25) is 11.9 Å². The van der Waals surface area contributed by atoms with Crippen molar-refractivity contribution < 1.29 is 14.3 Å². The van der Waals surface area contributed by atoms with Gasteiger partial charge in [-0.25, -0.2) is 4.98 Å². The zero-order valence-corrected chi connectivity index (χ0v) is 15.8. The van der Waals surface area contributed by atoms with Gasteiger partial charge >= 0.3 is 5.97 Å². The molecule has 0 saturated heterocycles. The average molecular weight is 385 g/mol. The Bertz CT molecular complexity index is 1260. The van der Waals surface area contributed by atoms with Crippen LogP contribution < -0.4 is 5.32 Å². The average Bonchev–Trinajstić information content (AvgIpc) is 3.10. The summed E-state index contributed by atoms with van der Waals surface area (Å²) in [7, 11) is 0. The molecule has 0 fully saturated rings. The fourth-order valence-corrected chi connectivity index (χ4v) is 4.19. The number of ether oxygens (including phenoxy) is 1. The van der Waals surface area contributed by atoms with Crippen LogP contribution in [-0.4, -0.2) is 28.0 Å². The first-order valence-electron chi connectivity index (χ1n) is 9.61. The third-order valence-corrected chi connectivity index (χ3v) is 5.39. The minimum absolute atomic E-state index is 0.211. The Morgan fingerprint density at radius 3 is 2.69 bits per heavy atom. The minimum Gasteiger partial charge on any atom is -0.465 e. The second kappa shape index (κ2) is 6.74. The summed E-state index contributed by atoms with van der Waals surface area (Å²) < 4.78 is 7.23. The molecule has 0 aliphatic carbocycles. The Balaban J connectivity index is 1.83. The normalized spacial score (nSPS) is 18.4. The van der Waals surface area contributed by atoms with E-state index in [4.69, 9.17) is 4.74 Å². The smallest absolute Gasteiger partial charge is 0.321 e. The van der Waals surface area contributed by atoms with Gasteiger partial charge in [-0.3, -0.25) is 14.9 Å². The van der Waals surface area contributed by atoms with Gasteiger partial charge in [0.15, 0.2) is 5.92 Å². The lowest BCUT2D eigenvalue weighted by atomic mass is 9.87. The summed E-state index contributed by atoms with van der Waals surface area (Å²) in [4.78, 5) is 30.5. The number of rotatable bonds is 3. The van der Waals surface area contributed by atoms with Crippen molar-refractivity contribution in [1.29, 1.82) is 0 Å². The molecule has 0 radical (unpaired) electrons. The lowest BCUT2D eigenvalue weighted by Gasteiger charge is -2.32. The highest BCUT2D eigenvalue weighted by Gasteiger charge is 2.44. The summed E-state index contributed by atoms with van der Waals surface area (Å²) >= 11 is 0. The van der Waals surface area contributed by atoms with Crippen molar-refractivity contribution in [3.63, 3.8) is 0 Å². The van der Waals surface area contributed by atoms with Crippen molar-refractivity contribution in [1.82, 2.24) is 9.55 Å². The van der Waals surface area contributed by atoms with Crippen molar-refractivity contribution in [3.05, 3.63) is 72.3 Å². The van der Waals surface area contributed by atoms with E-state index in [0.29, 0.717) is 5.95 Å². The summed E-state index contributed by atoms with van der Waals surface area (Å²) in [6.07, 6.45) is 0. The molecule has 2 heterocycles. The lowest BCUT2D eigenvalue weighted by molar-refractivity contribution is -0.152. The molecular weight excluding hydrogens is 366 g/mol. The number of esters is 1. The number of amides is 1. The van der Waals surface area contributed by atoms with Crippen LogP contribution >= 0.6 is 0 Å². The summed E-state index contributed by atoms with van der Waals surface area (Å²) in [5, 5.41) is 4.84. The first-order valence-corrected chi connectivity index (χ1v) is 9.61. The number of benzene rings is 3. The summed E-state index contributed by atoms with van der Waals surface area (Å²) in [5.74, 6) is -1.50. The minimum atomic E-state index is -1.01. The first kappa shape index (κ1) is 17.4. The van der Waals surface area contributed by atoms with Crippen LogP contribution in [0.4, 0.5) is 5.95 Å². The number of nitrogens with zero attached hydrogens (tertiary/aromatic N) is 2. The number of imidazole rings is 1. The fourth-order valence-electron chi connectivity index (χ4n) is 4.19. The van der Waals surface area contributed by atoms with Crippen molar-refractivity contribution in [2.75, 3.05) is 11.9 Å². The number of aromatic nitrogens is 2. The van der Waals surface area contributed by atoms with Crippen molar-refractivity contribution >= 4 is 39.6 Å². The van der Waals surface area contributed by atoms with Crippen LogP contribution in [0.5, 0.6) is 0 Å². The van der Waals surface area contributed by atoms with Gasteiger partial charge in [0.25, 0.3) is 0 Å². The largest absolute Gasteiger partial charge is 0.465 e. The van der Waals surface area contributed by atoms with Crippen molar-refractivity contribution in [2.45, 2.75) is 13.0 Å². The molecule has 3 aromatic carbocycles. The van der Waals surface area contributed by atoms with Crippen LogP contribution in [0, 0.1) is 5.92 Å². The molecule has 1 aliphatic rings. The molecule has 6 heteroatoms. The maximum atomic E-state index is 13.0. The van der Waals surface area contributed by atoms with E-state index in [0.717, 1.165) is 27.4 Å². The van der Waals surface area contributed by atoms with Gasteiger partial charge in [-0.2, -0.15) is 0 Å². The highest BCUT2D eigenvalue weighted by Crippen LogP contribution is 2.40. The highest BCUT2D eigenvalue weighted by molar-refractivity contribution is 6.08. The summed E-state index contributed by atoms with van der Waals surface area (Å²) in [6.45, 7) is 1.95. The molecule has 2 atom stereocenters. The van der Waals surface area contributed by atoms with E-state index in [-0.39, 0.29) is 6.61 Å². The third kappa shape index (κ3) is 2.68. The standard InChI is InChI=1S/C23H19N3O3/c1-2-29-22(28)19-20(16-11-7-9-14-8-3-4-10-15(14)16)26-18-13-6-5-12-17(18)24-23(26)25-21(19)27/h3-13,19-20H,2H2,1H3,(H,24,25,27)/t19-,20+/m0/s1. The van der Waals surface area contributed by atoms with Crippen LogP contribution in [0.2, 0.25) is 0 Å². The predicted molar refractivity (Wildman–Crippen MR) is 111 cm³/mol. The number of nitrogens with one attached hydrogen (secondary N) is 1. The molecule has 29 heavy (non-hydrogen) atoms. The number of anilines is 1. The molecule has 144 valence electrons. The van der Waals surface area contributed by atoms with Crippen LogP contribution in [-0.2, 0) is 14.3 Å². The van der Waals surface area contributed by atoms with E-state index in [9.17, 15) is 9.59 Å². The molecule has 4 aromatic rings. The molecule has 0 saturated carbocycles. The second-order valence-corrected chi connectivity index (χ2v) is 7.03. The van der Waals surface area contributed by atoms with Crippen molar-refractivity contribution in [2.24, 2.45) is 5.92 Å². The first-order chi connectivity index (χ1) is 14.2. The molecule has 1 N–H and O–H groups in total. The molecule has 1 amide bonds. The predicted octanol–water partition coefficient (Wildman–Crippen LogP) is 3.91. The lowest BCUT2D eigenvalue weighted by Crippen LogP contribution is -2.43. The molecule has 1 aliphatic heterocycles. The Morgan fingerprint density at radius 2 is 1.83 bits per heavy atom. The van der Waals surface area contributed by atoms with Crippen LogP contribution in [0.3, 0.4) is 0 Å². The summed E-state index contributed by atoms with van der Waals surface area (Å²) in [6, 6.07) is 21.0. The topological polar surface area (TPSA) is 73.2 Å². The second-order valence-electron chi connectivity index (χ2n) is 7.03. The van der Waals surface area contributed by atoms with Crippen LogP contribution in [0.25, 0.3) is 21.8 Å². The number of carbonyl (C=O) groups is 2. The Hall–Kier alpha value is -3.67. The SMILES string of the molecule is CCOC(=O)[C@@H]1C(=O)Nc2nc3ccccc3n2[C@@H]1c1cccc2ccccc12. The zero-order chi connectivity index (χ0) is 20.0. The molecule has 6 nitrogen and oxygen atoms in total. The van der Waals surface area contributed by atoms with Gasteiger partial charge in [0.1, 0.15) is 0 Å². The number of carbonyl (C=O) groups excluding carboxylic acids is 2. The highest BCUT2D eigenvalue weighted by atomic mass is 16.5. The molecule has 0 spiro atoms. The molecule has 1 aromatic heterocycles. The maximum absolute atomic E-state index is 13.0. The van der Waals surface area contributed by atoms with E-state index in [1.54, 1.807) is 6.92 Å². The summed E-state index contributed by atoms with van der Waals surface area (Å²) in [5.41, 5.74) is 2.51. The molecule has 0 bridgehead atoms. The maximum Gasteiger partial charge on any atom is 0.321 e. The van der Waals surface area contributed by atoms with Gasteiger partial charge in [0, 0.05) is 0 Å². The quantitative estimate of drug-likeness (QED) is 0.429.